The minimum Gasteiger partial charge on any atom is -0.353 e. The van der Waals surface area contributed by atoms with Crippen molar-refractivity contribution in [2.24, 2.45) is 0 Å². The number of carbonyl (C=O) groups excluding carboxylic acids is 1. The average molecular weight is 343 g/mol. The van der Waals surface area contributed by atoms with Crippen molar-refractivity contribution in [1.29, 1.82) is 0 Å². The van der Waals surface area contributed by atoms with Crippen LogP contribution in [0.5, 0.6) is 0 Å². The van der Waals surface area contributed by atoms with Gasteiger partial charge in [0.05, 0.1) is 11.8 Å². The molecular formula is C16H15ClN6O. The van der Waals surface area contributed by atoms with Gasteiger partial charge >= 0.3 is 0 Å². The van der Waals surface area contributed by atoms with Crippen LogP contribution in [0.2, 0.25) is 5.15 Å². The second-order valence-corrected chi connectivity index (χ2v) is 5.94. The zero-order chi connectivity index (χ0) is 16.5. The number of carbonyl (C=O) groups is 1. The Labute approximate surface area is 143 Å². The van der Waals surface area contributed by atoms with Crippen molar-refractivity contribution in [1.82, 2.24) is 24.5 Å². The normalized spacial score (nSPS) is 15.0. The molecule has 4 heterocycles. The molecule has 3 aromatic heterocycles. The van der Waals surface area contributed by atoms with E-state index in [1.807, 2.05) is 21.5 Å². The Kier molecular flexibility index (Phi) is 3.78. The molecule has 7 nitrogen and oxygen atoms in total. The number of aromatic nitrogens is 4. The van der Waals surface area contributed by atoms with Gasteiger partial charge in [0.2, 0.25) is 0 Å². The van der Waals surface area contributed by atoms with Crippen LogP contribution in [0.1, 0.15) is 10.4 Å². The maximum absolute atomic E-state index is 12.5. The maximum Gasteiger partial charge on any atom is 0.255 e. The van der Waals surface area contributed by atoms with Crippen LogP contribution in [0, 0.1) is 0 Å². The lowest BCUT2D eigenvalue weighted by Gasteiger charge is -2.35. The van der Waals surface area contributed by atoms with Crippen molar-refractivity contribution in [3.8, 4) is 0 Å². The summed E-state index contributed by atoms with van der Waals surface area (Å²) in [5, 5.41) is 4.70. The molecule has 0 bridgehead atoms. The van der Waals surface area contributed by atoms with E-state index in [-0.39, 0.29) is 5.91 Å². The van der Waals surface area contributed by atoms with E-state index < -0.39 is 0 Å². The second-order valence-electron chi connectivity index (χ2n) is 5.55. The summed E-state index contributed by atoms with van der Waals surface area (Å²) >= 11 is 5.77. The third-order valence-corrected chi connectivity index (χ3v) is 4.36. The van der Waals surface area contributed by atoms with Gasteiger partial charge in [-0.3, -0.25) is 4.79 Å². The SMILES string of the molecule is O=C(c1ccc(Cl)nc1)N1CCN(c2ccnc3ccnn23)CC1. The summed E-state index contributed by atoms with van der Waals surface area (Å²) < 4.78 is 1.82. The van der Waals surface area contributed by atoms with E-state index in [2.05, 4.69) is 20.0 Å². The molecule has 1 saturated heterocycles. The summed E-state index contributed by atoms with van der Waals surface area (Å²) in [5.74, 6) is 0.975. The van der Waals surface area contributed by atoms with Gasteiger partial charge in [-0.25, -0.2) is 9.97 Å². The number of rotatable bonds is 2. The van der Waals surface area contributed by atoms with Crippen LogP contribution in [0.25, 0.3) is 5.65 Å². The predicted octanol–water partition coefficient (Wildman–Crippen LogP) is 1.74. The van der Waals surface area contributed by atoms with Gasteiger partial charge in [-0.05, 0) is 18.2 Å². The standard InChI is InChI=1S/C16H15ClN6O/c17-13-2-1-12(11-19-13)16(24)22-9-7-21(8-10-22)15-4-5-18-14-3-6-20-23(14)15/h1-6,11H,7-10H2. The first-order chi connectivity index (χ1) is 11.7. The lowest BCUT2D eigenvalue weighted by Crippen LogP contribution is -2.49. The van der Waals surface area contributed by atoms with Gasteiger partial charge in [0.25, 0.3) is 5.91 Å². The van der Waals surface area contributed by atoms with Gasteiger partial charge in [-0.2, -0.15) is 9.61 Å². The lowest BCUT2D eigenvalue weighted by molar-refractivity contribution is 0.0746. The average Bonchev–Trinajstić information content (AvgIpc) is 3.11. The summed E-state index contributed by atoms with van der Waals surface area (Å²) in [7, 11) is 0. The van der Waals surface area contributed by atoms with Gasteiger partial charge in [0.1, 0.15) is 11.0 Å². The Morgan fingerprint density at radius 3 is 2.58 bits per heavy atom. The number of nitrogens with zero attached hydrogens (tertiary/aromatic N) is 6. The fourth-order valence-electron chi connectivity index (χ4n) is 2.88. The molecule has 0 aromatic carbocycles. The molecule has 122 valence electrons. The number of pyridine rings is 1. The van der Waals surface area contributed by atoms with E-state index in [0.717, 1.165) is 24.6 Å². The molecule has 8 heteroatoms. The van der Waals surface area contributed by atoms with Crippen molar-refractivity contribution in [3.05, 3.63) is 53.6 Å². The minimum atomic E-state index is -0.0159. The highest BCUT2D eigenvalue weighted by Crippen LogP contribution is 2.18. The quantitative estimate of drug-likeness (QED) is 0.664. The van der Waals surface area contributed by atoms with E-state index in [1.54, 1.807) is 24.5 Å². The van der Waals surface area contributed by atoms with Crippen LogP contribution in [-0.2, 0) is 0 Å². The molecule has 0 atom stereocenters. The Morgan fingerprint density at radius 1 is 1.00 bits per heavy atom. The number of amides is 1. The van der Waals surface area contributed by atoms with Gasteiger partial charge in [-0.1, -0.05) is 11.6 Å². The van der Waals surface area contributed by atoms with E-state index in [4.69, 9.17) is 11.6 Å². The highest BCUT2D eigenvalue weighted by Gasteiger charge is 2.23. The molecule has 0 spiro atoms. The summed E-state index contributed by atoms with van der Waals surface area (Å²) in [5.41, 5.74) is 1.38. The maximum atomic E-state index is 12.5. The van der Waals surface area contributed by atoms with Gasteiger partial charge in [0, 0.05) is 44.6 Å². The number of piperazine rings is 1. The minimum absolute atomic E-state index is 0.0159. The molecule has 0 unspecified atom stereocenters. The van der Waals surface area contributed by atoms with Crippen molar-refractivity contribution < 1.29 is 4.79 Å². The van der Waals surface area contributed by atoms with Crippen LogP contribution >= 0.6 is 11.6 Å². The fraction of sp³-hybridized carbons (Fsp3) is 0.250. The molecule has 1 fully saturated rings. The third kappa shape index (κ3) is 2.67. The summed E-state index contributed by atoms with van der Waals surface area (Å²) in [6.07, 6.45) is 5.04. The molecule has 1 amide bonds. The summed E-state index contributed by atoms with van der Waals surface area (Å²) in [6.45, 7) is 2.77. The Balaban J connectivity index is 1.48. The van der Waals surface area contributed by atoms with Gasteiger partial charge in [0.15, 0.2) is 5.65 Å². The van der Waals surface area contributed by atoms with Crippen molar-refractivity contribution >= 4 is 29.0 Å². The Morgan fingerprint density at radius 2 is 1.83 bits per heavy atom. The Bertz CT molecular complexity index is 870. The zero-order valence-electron chi connectivity index (χ0n) is 12.8. The molecule has 3 aromatic rings. The molecule has 4 rings (SSSR count). The highest BCUT2D eigenvalue weighted by molar-refractivity contribution is 6.29. The molecule has 0 aliphatic carbocycles. The van der Waals surface area contributed by atoms with E-state index in [1.165, 1.54) is 6.20 Å². The van der Waals surface area contributed by atoms with E-state index >= 15 is 0 Å². The number of fused-ring (bicyclic) bond motifs is 1. The molecule has 24 heavy (non-hydrogen) atoms. The molecule has 1 aliphatic rings. The Hall–Kier alpha value is -2.67. The number of hydrogen-bond acceptors (Lipinski definition) is 5. The number of halogens is 1. The monoisotopic (exact) mass is 342 g/mol. The highest BCUT2D eigenvalue weighted by atomic mass is 35.5. The smallest absolute Gasteiger partial charge is 0.255 e. The van der Waals surface area contributed by atoms with Crippen LogP contribution in [-0.4, -0.2) is 56.6 Å². The van der Waals surface area contributed by atoms with Crippen LogP contribution < -0.4 is 4.90 Å². The summed E-state index contributed by atoms with van der Waals surface area (Å²) in [4.78, 5) is 24.8. The molecule has 0 saturated carbocycles. The summed E-state index contributed by atoms with van der Waals surface area (Å²) in [6, 6.07) is 7.16. The van der Waals surface area contributed by atoms with Crippen molar-refractivity contribution in [2.75, 3.05) is 31.1 Å². The van der Waals surface area contributed by atoms with Gasteiger partial charge in [-0.15, -0.1) is 0 Å². The largest absolute Gasteiger partial charge is 0.353 e. The third-order valence-electron chi connectivity index (χ3n) is 4.14. The fourth-order valence-corrected chi connectivity index (χ4v) is 3.00. The second kappa shape index (κ2) is 6.09. The molecule has 0 N–H and O–H groups in total. The van der Waals surface area contributed by atoms with Crippen molar-refractivity contribution in [3.63, 3.8) is 0 Å². The van der Waals surface area contributed by atoms with Crippen LogP contribution in [0.3, 0.4) is 0 Å². The first-order valence-electron chi connectivity index (χ1n) is 7.67. The molecule has 1 aliphatic heterocycles. The number of anilines is 1. The number of hydrogen-bond donors (Lipinski definition) is 0. The van der Waals surface area contributed by atoms with Crippen molar-refractivity contribution in [2.45, 2.75) is 0 Å². The molecular weight excluding hydrogens is 328 g/mol. The van der Waals surface area contributed by atoms with E-state index in [9.17, 15) is 4.79 Å². The predicted molar refractivity (Wildman–Crippen MR) is 90.4 cm³/mol. The first-order valence-corrected chi connectivity index (χ1v) is 8.05. The van der Waals surface area contributed by atoms with Gasteiger partial charge < -0.3 is 9.80 Å². The van der Waals surface area contributed by atoms with Crippen LogP contribution in [0.4, 0.5) is 5.82 Å². The van der Waals surface area contributed by atoms with Crippen LogP contribution in [0.15, 0.2) is 42.9 Å². The lowest BCUT2D eigenvalue weighted by atomic mass is 10.2. The topological polar surface area (TPSA) is 66.6 Å². The zero-order valence-corrected chi connectivity index (χ0v) is 13.6. The molecule has 0 radical (unpaired) electrons. The first kappa shape index (κ1) is 14.9. The van der Waals surface area contributed by atoms with E-state index in [0.29, 0.717) is 23.8 Å².